The molecule has 1 fully saturated rings. The molecule has 0 spiro atoms. The van der Waals surface area contributed by atoms with E-state index in [0.717, 1.165) is 11.1 Å². The van der Waals surface area contributed by atoms with Gasteiger partial charge in [-0.15, -0.1) is 0 Å². The Hall–Kier alpha value is -3.60. The van der Waals surface area contributed by atoms with E-state index in [2.05, 4.69) is 5.32 Å². The van der Waals surface area contributed by atoms with Gasteiger partial charge in [0, 0.05) is 5.56 Å². The molecule has 1 aliphatic rings. The fourth-order valence-corrected chi connectivity index (χ4v) is 3.33. The monoisotopic (exact) mass is 372 g/mol. The lowest BCUT2D eigenvalue weighted by atomic mass is 9.92. The number of amides is 3. The molecule has 28 heavy (non-hydrogen) atoms. The highest BCUT2D eigenvalue weighted by atomic mass is 16.5. The van der Waals surface area contributed by atoms with Crippen LogP contribution in [0.4, 0.5) is 4.79 Å². The first-order valence-corrected chi connectivity index (χ1v) is 9.08. The molecule has 0 radical (unpaired) electrons. The quantitative estimate of drug-likeness (QED) is 0.674. The van der Waals surface area contributed by atoms with Crippen LogP contribution in [0.3, 0.4) is 0 Å². The fraction of sp³-hybridized carbons (Fsp3) is 0.130. The Balaban J connectivity index is 1.60. The van der Waals surface area contributed by atoms with Crippen LogP contribution in [0, 0.1) is 0 Å². The van der Waals surface area contributed by atoms with Crippen LogP contribution < -0.4 is 10.1 Å². The molecule has 1 saturated heterocycles. The standard InChI is InChI=1S/C23H20N2O3/c1-23(18-11-4-2-5-12-18)21(26)25(22(27)24-23)16-17-10-8-9-15-20(17)28-19-13-6-3-7-14-19/h2-15H,16H2,1H3,(H,24,27)/t23-/m0/s1. The van der Waals surface area contributed by atoms with Gasteiger partial charge < -0.3 is 10.1 Å². The summed E-state index contributed by atoms with van der Waals surface area (Å²) in [5.41, 5.74) is 0.435. The van der Waals surface area contributed by atoms with Crippen molar-refractivity contribution in [2.45, 2.75) is 19.0 Å². The van der Waals surface area contributed by atoms with Crippen LogP contribution >= 0.6 is 0 Å². The SMILES string of the molecule is C[C@@]1(c2ccccc2)NC(=O)N(Cc2ccccc2Oc2ccccc2)C1=O. The molecule has 1 atom stereocenters. The first-order chi connectivity index (χ1) is 13.6. The van der Waals surface area contributed by atoms with Crippen molar-refractivity contribution in [2.75, 3.05) is 0 Å². The topological polar surface area (TPSA) is 58.6 Å². The van der Waals surface area contributed by atoms with E-state index in [0.29, 0.717) is 11.5 Å². The van der Waals surface area contributed by atoms with Gasteiger partial charge in [-0.3, -0.25) is 9.69 Å². The summed E-state index contributed by atoms with van der Waals surface area (Å²) in [4.78, 5) is 27.0. The van der Waals surface area contributed by atoms with E-state index in [1.54, 1.807) is 6.92 Å². The van der Waals surface area contributed by atoms with Crippen molar-refractivity contribution in [3.05, 3.63) is 96.1 Å². The predicted molar refractivity (Wildman–Crippen MR) is 106 cm³/mol. The van der Waals surface area contributed by atoms with Gasteiger partial charge in [-0.05, 0) is 30.7 Å². The molecule has 1 N–H and O–H groups in total. The second-order valence-corrected chi connectivity index (χ2v) is 6.84. The molecule has 3 aromatic rings. The summed E-state index contributed by atoms with van der Waals surface area (Å²) in [6.07, 6.45) is 0. The minimum atomic E-state index is -1.08. The lowest BCUT2D eigenvalue weighted by Crippen LogP contribution is -2.40. The molecule has 0 aliphatic carbocycles. The smallest absolute Gasteiger partial charge is 0.325 e. The summed E-state index contributed by atoms with van der Waals surface area (Å²) in [5, 5.41) is 2.83. The van der Waals surface area contributed by atoms with E-state index in [1.807, 2.05) is 84.9 Å². The van der Waals surface area contributed by atoms with Crippen molar-refractivity contribution < 1.29 is 14.3 Å². The van der Waals surface area contributed by atoms with Crippen molar-refractivity contribution >= 4 is 11.9 Å². The zero-order valence-corrected chi connectivity index (χ0v) is 15.5. The molecule has 5 nitrogen and oxygen atoms in total. The van der Waals surface area contributed by atoms with Crippen molar-refractivity contribution in [2.24, 2.45) is 0 Å². The molecule has 3 aromatic carbocycles. The Kier molecular flexibility index (Phi) is 4.57. The van der Waals surface area contributed by atoms with Crippen LogP contribution in [0.15, 0.2) is 84.9 Å². The first kappa shape index (κ1) is 17.8. The minimum Gasteiger partial charge on any atom is -0.457 e. The number of nitrogens with zero attached hydrogens (tertiary/aromatic N) is 1. The maximum atomic E-state index is 13.1. The van der Waals surface area contributed by atoms with Crippen LogP contribution in [0.5, 0.6) is 11.5 Å². The Morgan fingerprint density at radius 3 is 2.18 bits per heavy atom. The molecule has 0 unspecified atom stereocenters. The highest BCUT2D eigenvalue weighted by Crippen LogP contribution is 2.32. The van der Waals surface area contributed by atoms with E-state index in [9.17, 15) is 9.59 Å². The zero-order chi connectivity index (χ0) is 19.6. The van der Waals surface area contributed by atoms with Gasteiger partial charge in [-0.2, -0.15) is 0 Å². The maximum Gasteiger partial charge on any atom is 0.325 e. The number of rotatable bonds is 5. The molecule has 140 valence electrons. The van der Waals surface area contributed by atoms with Crippen molar-refractivity contribution in [3.8, 4) is 11.5 Å². The highest BCUT2D eigenvalue weighted by Gasteiger charge is 2.48. The number of imide groups is 1. The molecular weight excluding hydrogens is 352 g/mol. The molecule has 1 aliphatic heterocycles. The summed E-state index contributed by atoms with van der Waals surface area (Å²) in [7, 11) is 0. The molecule has 0 aromatic heterocycles. The first-order valence-electron chi connectivity index (χ1n) is 9.08. The van der Waals surface area contributed by atoms with E-state index >= 15 is 0 Å². The van der Waals surface area contributed by atoms with E-state index < -0.39 is 11.6 Å². The Bertz CT molecular complexity index is 1000. The number of benzene rings is 3. The molecule has 5 heteroatoms. The number of ether oxygens (including phenoxy) is 1. The average Bonchev–Trinajstić information content (AvgIpc) is 2.95. The van der Waals surface area contributed by atoms with Gasteiger partial charge in [0.25, 0.3) is 5.91 Å². The zero-order valence-electron chi connectivity index (χ0n) is 15.5. The van der Waals surface area contributed by atoms with Crippen LogP contribution in [-0.4, -0.2) is 16.8 Å². The normalized spacial score (nSPS) is 18.8. The van der Waals surface area contributed by atoms with Gasteiger partial charge in [0.15, 0.2) is 0 Å². The van der Waals surface area contributed by atoms with E-state index in [4.69, 9.17) is 4.74 Å². The fourth-order valence-electron chi connectivity index (χ4n) is 3.33. The third-order valence-electron chi connectivity index (χ3n) is 4.90. The third kappa shape index (κ3) is 3.22. The highest BCUT2D eigenvalue weighted by molar-refractivity contribution is 6.07. The average molecular weight is 372 g/mol. The Morgan fingerprint density at radius 1 is 0.857 bits per heavy atom. The molecule has 0 bridgehead atoms. The predicted octanol–water partition coefficient (Wildman–Crippen LogP) is 4.45. The summed E-state index contributed by atoms with van der Waals surface area (Å²) < 4.78 is 5.96. The molecule has 4 rings (SSSR count). The van der Waals surface area contributed by atoms with Crippen LogP contribution in [-0.2, 0) is 16.9 Å². The maximum absolute atomic E-state index is 13.1. The second kappa shape index (κ2) is 7.19. The van der Waals surface area contributed by atoms with E-state index in [-0.39, 0.29) is 12.5 Å². The summed E-state index contributed by atoms with van der Waals surface area (Å²) >= 11 is 0. The number of urea groups is 1. The number of carbonyl (C=O) groups is 2. The van der Waals surface area contributed by atoms with Gasteiger partial charge in [0.05, 0.1) is 6.54 Å². The van der Waals surface area contributed by atoms with Crippen molar-refractivity contribution in [3.63, 3.8) is 0 Å². The van der Waals surface area contributed by atoms with Gasteiger partial charge in [-0.1, -0.05) is 66.7 Å². The lowest BCUT2D eigenvalue weighted by Gasteiger charge is -2.22. The summed E-state index contributed by atoms with van der Waals surface area (Å²) in [5.74, 6) is 1.03. The largest absolute Gasteiger partial charge is 0.457 e. The van der Waals surface area contributed by atoms with Gasteiger partial charge in [0.2, 0.25) is 0 Å². The van der Waals surface area contributed by atoms with Crippen LogP contribution in [0.2, 0.25) is 0 Å². The van der Waals surface area contributed by atoms with Gasteiger partial charge >= 0.3 is 6.03 Å². The third-order valence-corrected chi connectivity index (χ3v) is 4.90. The Morgan fingerprint density at radius 2 is 1.46 bits per heavy atom. The van der Waals surface area contributed by atoms with Crippen molar-refractivity contribution in [1.29, 1.82) is 0 Å². The minimum absolute atomic E-state index is 0.135. The van der Waals surface area contributed by atoms with Gasteiger partial charge in [-0.25, -0.2) is 4.79 Å². The second-order valence-electron chi connectivity index (χ2n) is 6.84. The molecule has 1 heterocycles. The Labute approximate surface area is 163 Å². The van der Waals surface area contributed by atoms with Gasteiger partial charge in [0.1, 0.15) is 17.0 Å². The van der Waals surface area contributed by atoms with E-state index in [1.165, 1.54) is 4.90 Å². The lowest BCUT2D eigenvalue weighted by molar-refractivity contribution is -0.131. The van der Waals surface area contributed by atoms with Crippen LogP contribution in [0.25, 0.3) is 0 Å². The van der Waals surface area contributed by atoms with Crippen molar-refractivity contribution in [1.82, 2.24) is 10.2 Å². The number of hydrogen-bond acceptors (Lipinski definition) is 3. The molecule has 0 saturated carbocycles. The number of nitrogens with one attached hydrogen (secondary N) is 1. The molecular formula is C23H20N2O3. The molecule has 3 amide bonds. The number of para-hydroxylation sites is 2. The summed E-state index contributed by atoms with van der Waals surface area (Å²) in [6.45, 7) is 1.87. The number of hydrogen-bond donors (Lipinski definition) is 1. The number of carbonyl (C=O) groups excluding carboxylic acids is 2. The van der Waals surface area contributed by atoms with Crippen LogP contribution in [0.1, 0.15) is 18.1 Å². The summed E-state index contributed by atoms with van der Waals surface area (Å²) in [6, 6.07) is 25.7.